The van der Waals surface area contributed by atoms with Gasteiger partial charge in [0.1, 0.15) is 10.7 Å². The van der Waals surface area contributed by atoms with Gasteiger partial charge in [0.25, 0.3) is 0 Å². The van der Waals surface area contributed by atoms with E-state index in [1.54, 1.807) is 0 Å². The zero-order chi connectivity index (χ0) is 15.0. The van der Waals surface area contributed by atoms with Gasteiger partial charge in [-0.25, -0.2) is 22.7 Å². The van der Waals surface area contributed by atoms with E-state index in [9.17, 15) is 30.8 Å². The second kappa shape index (κ2) is 4.78. The van der Waals surface area contributed by atoms with E-state index < -0.39 is 44.0 Å². The highest BCUT2D eigenvalue weighted by Gasteiger charge is 2.37. The summed E-state index contributed by atoms with van der Waals surface area (Å²) in [4.78, 5) is 9.97. The predicted molar refractivity (Wildman–Crippen MR) is 54.1 cm³/mol. The van der Waals surface area contributed by atoms with Crippen LogP contribution in [0.1, 0.15) is 15.9 Å². The maximum absolute atomic E-state index is 13.3. The second-order valence-corrected chi connectivity index (χ2v) is 4.89. The second-order valence-electron chi connectivity index (χ2n) is 3.36. The van der Waals surface area contributed by atoms with Crippen molar-refractivity contribution in [2.75, 3.05) is 7.11 Å². The molecular weight excluding hydrogens is 294 g/mol. The first kappa shape index (κ1) is 15.4. The van der Waals surface area contributed by atoms with Crippen molar-refractivity contribution < 1.29 is 35.5 Å². The number of alkyl halides is 3. The fraction of sp³-hybridized carbons (Fsp3) is 0.222. The first-order valence-electron chi connectivity index (χ1n) is 4.50. The van der Waals surface area contributed by atoms with Crippen LogP contribution in [0.15, 0.2) is 17.0 Å². The van der Waals surface area contributed by atoms with Crippen molar-refractivity contribution in [1.29, 1.82) is 0 Å². The van der Waals surface area contributed by atoms with Crippen LogP contribution in [0.4, 0.5) is 17.6 Å². The summed E-state index contributed by atoms with van der Waals surface area (Å²) < 4.78 is 77.2. The molecule has 0 aliphatic rings. The van der Waals surface area contributed by atoms with Gasteiger partial charge in [0.2, 0.25) is 10.0 Å². The van der Waals surface area contributed by atoms with Gasteiger partial charge >= 0.3 is 12.1 Å². The van der Waals surface area contributed by atoms with Gasteiger partial charge in [0.05, 0.1) is 18.2 Å². The molecule has 0 bridgehead atoms. The van der Waals surface area contributed by atoms with Crippen molar-refractivity contribution in [3.8, 4) is 0 Å². The van der Waals surface area contributed by atoms with Gasteiger partial charge in [-0.05, 0) is 12.1 Å². The van der Waals surface area contributed by atoms with Crippen molar-refractivity contribution in [2.45, 2.75) is 11.1 Å². The number of rotatable bonds is 2. The molecule has 0 atom stereocenters. The van der Waals surface area contributed by atoms with E-state index in [0.717, 1.165) is 7.11 Å². The molecule has 1 rings (SSSR count). The van der Waals surface area contributed by atoms with Gasteiger partial charge in [-0.3, -0.25) is 0 Å². The van der Waals surface area contributed by atoms with Crippen LogP contribution in [0.25, 0.3) is 0 Å². The van der Waals surface area contributed by atoms with Gasteiger partial charge in [-0.2, -0.15) is 13.2 Å². The summed E-state index contributed by atoms with van der Waals surface area (Å²) in [6.07, 6.45) is -5.05. The molecule has 0 aliphatic heterocycles. The SMILES string of the molecule is COC(=O)c1cc(S(N)(=O)=O)c(F)cc1C(F)(F)F. The highest BCUT2D eigenvalue weighted by atomic mass is 32.2. The van der Waals surface area contributed by atoms with Crippen LogP contribution >= 0.6 is 0 Å². The first-order chi connectivity index (χ1) is 8.48. The van der Waals surface area contributed by atoms with Crippen molar-refractivity contribution in [2.24, 2.45) is 5.14 Å². The smallest absolute Gasteiger partial charge is 0.417 e. The van der Waals surface area contributed by atoms with Crippen molar-refractivity contribution >= 4 is 16.0 Å². The number of carbonyl (C=O) groups is 1. The number of ether oxygens (including phenoxy) is 1. The van der Waals surface area contributed by atoms with Crippen molar-refractivity contribution in [3.05, 3.63) is 29.1 Å². The summed E-state index contributed by atoms with van der Waals surface area (Å²) >= 11 is 0. The number of esters is 1. The minimum Gasteiger partial charge on any atom is -0.465 e. The van der Waals surface area contributed by atoms with E-state index in [4.69, 9.17) is 0 Å². The number of nitrogens with two attached hydrogens (primary N) is 1. The molecule has 5 nitrogen and oxygen atoms in total. The quantitative estimate of drug-likeness (QED) is 0.658. The predicted octanol–water partition coefficient (Wildman–Crippen LogP) is 1.28. The molecule has 0 radical (unpaired) electrons. The molecule has 1 aromatic carbocycles. The van der Waals surface area contributed by atoms with Crippen LogP contribution in [-0.2, 0) is 20.9 Å². The minimum atomic E-state index is -5.05. The van der Waals surface area contributed by atoms with Crippen LogP contribution < -0.4 is 5.14 Å². The average molecular weight is 301 g/mol. The van der Waals surface area contributed by atoms with Gasteiger partial charge in [-0.15, -0.1) is 0 Å². The maximum atomic E-state index is 13.3. The lowest BCUT2D eigenvalue weighted by Gasteiger charge is -2.13. The summed E-state index contributed by atoms with van der Waals surface area (Å²) in [5, 5.41) is 4.63. The molecule has 1 aromatic rings. The summed E-state index contributed by atoms with van der Waals surface area (Å²) in [5.74, 6) is -3.17. The molecule has 0 aromatic heterocycles. The van der Waals surface area contributed by atoms with E-state index >= 15 is 0 Å². The molecule has 0 spiro atoms. The van der Waals surface area contributed by atoms with Crippen molar-refractivity contribution in [1.82, 2.24) is 0 Å². The number of sulfonamides is 1. The summed E-state index contributed by atoms with van der Waals surface area (Å²) in [7, 11) is -3.82. The monoisotopic (exact) mass is 301 g/mol. The number of hydrogen-bond acceptors (Lipinski definition) is 4. The van der Waals surface area contributed by atoms with Crippen molar-refractivity contribution in [3.63, 3.8) is 0 Å². The Morgan fingerprint density at radius 1 is 1.32 bits per heavy atom. The standard InChI is InChI=1S/C9H7F4NO4S/c1-18-8(15)4-2-7(19(14,16)17)6(10)3-5(4)9(11,12)13/h2-3H,1H3,(H2,14,16,17). The lowest BCUT2D eigenvalue weighted by molar-refractivity contribution is -0.138. The normalized spacial score (nSPS) is 12.3. The van der Waals surface area contributed by atoms with Crippen LogP contribution in [-0.4, -0.2) is 21.5 Å². The Kier molecular flexibility index (Phi) is 3.87. The third-order valence-corrected chi connectivity index (χ3v) is 3.02. The highest BCUT2D eigenvalue weighted by Crippen LogP contribution is 2.34. The van der Waals surface area contributed by atoms with Gasteiger partial charge < -0.3 is 4.74 Å². The number of benzene rings is 1. The number of carbonyl (C=O) groups excluding carboxylic acids is 1. The Bertz CT molecular complexity index is 624. The molecule has 0 saturated carbocycles. The molecular formula is C9H7F4NO4S. The molecule has 2 N–H and O–H groups in total. The molecule has 10 heteroatoms. The third-order valence-electron chi connectivity index (χ3n) is 2.09. The zero-order valence-electron chi connectivity index (χ0n) is 9.29. The fourth-order valence-corrected chi connectivity index (χ4v) is 1.90. The van der Waals surface area contributed by atoms with Gasteiger partial charge in [0, 0.05) is 0 Å². The lowest BCUT2D eigenvalue weighted by atomic mass is 10.1. The maximum Gasteiger partial charge on any atom is 0.417 e. The van der Waals surface area contributed by atoms with E-state index in [-0.39, 0.29) is 12.1 Å². The molecule has 0 unspecified atom stereocenters. The van der Waals surface area contributed by atoms with Gasteiger partial charge in [-0.1, -0.05) is 0 Å². The molecule has 0 amide bonds. The minimum absolute atomic E-state index is 0.119. The van der Waals surface area contributed by atoms with E-state index in [1.165, 1.54) is 0 Å². The van der Waals surface area contributed by atoms with E-state index in [2.05, 4.69) is 9.88 Å². The molecule has 0 aliphatic carbocycles. The Morgan fingerprint density at radius 3 is 2.21 bits per heavy atom. The highest BCUT2D eigenvalue weighted by molar-refractivity contribution is 7.89. The van der Waals surface area contributed by atoms with Gasteiger partial charge in [0.15, 0.2) is 0 Å². The largest absolute Gasteiger partial charge is 0.465 e. The van der Waals surface area contributed by atoms with E-state index in [1.807, 2.05) is 0 Å². The summed E-state index contributed by atoms with van der Waals surface area (Å²) in [5.41, 5.74) is -2.79. The number of methoxy groups -OCH3 is 1. The molecule has 106 valence electrons. The Hall–Kier alpha value is -1.68. The van der Waals surface area contributed by atoms with Crippen LogP contribution in [0.2, 0.25) is 0 Å². The third kappa shape index (κ3) is 3.20. The Labute approximate surface area is 105 Å². The summed E-state index contributed by atoms with van der Waals surface area (Å²) in [6, 6.07) is 0.0747. The number of halogens is 4. The fourth-order valence-electron chi connectivity index (χ4n) is 1.28. The topological polar surface area (TPSA) is 86.5 Å². The number of hydrogen-bond donors (Lipinski definition) is 1. The zero-order valence-corrected chi connectivity index (χ0v) is 10.1. The van der Waals surface area contributed by atoms with Crippen LogP contribution in [0.5, 0.6) is 0 Å². The first-order valence-corrected chi connectivity index (χ1v) is 6.05. The summed E-state index contributed by atoms with van der Waals surface area (Å²) in [6.45, 7) is 0. The Morgan fingerprint density at radius 2 is 1.84 bits per heavy atom. The molecule has 0 fully saturated rings. The Balaban J connectivity index is 3.70. The van der Waals surface area contributed by atoms with Crippen LogP contribution in [0, 0.1) is 5.82 Å². The van der Waals surface area contributed by atoms with Crippen LogP contribution in [0.3, 0.4) is 0 Å². The average Bonchev–Trinajstić information content (AvgIpc) is 2.24. The lowest BCUT2D eigenvalue weighted by Crippen LogP contribution is -2.19. The molecule has 0 saturated heterocycles. The molecule has 19 heavy (non-hydrogen) atoms. The van der Waals surface area contributed by atoms with E-state index in [0.29, 0.717) is 0 Å². The molecule has 0 heterocycles. The number of primary sulfonamides is 1.